The molecule has 0 N–H and O–H groups in total. The second kappa shape index (κ2) is 4.77. The molecule has 0 fully saturated rings. The fourth-order valence-corrected chi connectivity index (χ4v) is 13.3. The maximum atomic E-state index is 2.53. The number of hydrogen-bond acceptors (Lipinski definition) is 0. The summed E-state index contributed by atoms with van der Waals surface area (Å²) in [5.74, 6) is 0. The van der Waals surface area contributed by atoms with Gasteiger partial charge < -0.3 is 2.85 Å². The Bertz CT molecular complexity index is 387. The van der Waals surface area contributed by atoms with Gasteiger partial charge in [-0.1, -0.05) is 0 Å². The average molecular weight is 343 g/mol. The molecule has 2 aliphatic carbocycles. The van der Waals surface area contributed by atoms with Crippen molar-refractivity contribution < 1.29 is 22.0 Å². The molecule has 0 bridgehead atoms. The summed E-state index contributed by atoms with van der Waals surface area (Å²) >= 11 is -1.77. The van der Waals surface area contributed by atoms with Crippen LogP contribution in [0.25, 0.3) is 0 Å². The smallest absolute Gasteiger partial charge is 1.00 e. The number of allylic oxidation sites excluding steroid dienone is 8. The fourth-order valence-electron chi connectivity index (χ4n) is 2.06. The van der Waals surface area contributed by atoms with Crippen molar-refractivity contribution in [3.05, 3.63) is 41.7 Å². The molecule has 15 heavy (non-hydrogen) atoms. The standard InChI is InChI=1S/C5H5.C5H4.3CH3.Sn.Ti.2H/c2*1-2-4-5-3-1;;;;;;;/h1-3H,4H2;1-2H,3H2;3*1H3;;;;/q;;;;;;+2;2*-1. The SMILES string of the molecule is [CH3][Sn]([CH3])([CH3])[C]1=[C]([Ti+2][C]2=CC=CC2)CC=C1.[H-].[H-]. The van der Waals surface area contributed by atoms with E-state index in [-0.39, 0.29) is 22.0 Å². The molecule has 0 radical (unpaired) electrons. The fraction of sp³-hybridized carbons (Fsp3) is 0.385. The average Bonchev–Trinajstić information content (AvgIpc) is 2.73. The van der Waals surface area contributed by atoms with Crippen LogP contribution in [0.1, 0.15) is 15.7 Å². The third-order valence-electron chi connectivity index (χ3n) is 2.82. The van der Waals surface area contributed by atoms with E-state index in [1.165, 1.54) is 12.8 Å². The van der Waals surface area contributed by atoms with Gasteiger partial charge in [-0.25, -0.2) is 0 Å². The minimum Gasteiger partial charge on any atom is -1.00 e. The number of rotatable bonds is 3. The van der Waals surface area contributed by atoms with Gasteiger partial charge in [0.05, 0.1) is 0 Å². The molecule has 0 aromatic rings. The van der Waals surface area contributed by atoms with Crippen molar-refractivity contribution >= 4 is 18.4 Å². The Morgan fingerprint density at radius 2 is 2.00 bits per heavy atom. The summed E-state index contributed by atoms with van der Waals surface area (Å²) in [5, 5.41) is 0. The number of hydrogen-bond donors (Lipinski definition) is 0. The van der Waals surface area contributed by atoms with Crippen molar-refractivity contribution in [1.29, 1.82) is 0 Å². The zero-order valence-corrected chi connectivity index (χ0v) is 14.2. The van der Waals surface area contributed by atoms with Crippen LogP contribution in [-0.4, -0.2) is 18.4 Å². The Labute approximate surface area is 109 Å². The van der Waals surface area contributed by atoms with E-state index in [1.807, 2.05) is 7.47 Å². The van der Waals surface area contributed by atoms with Crippen molar-refractivity contribution in [2.75, 3.05) is 0 Å². The Hall–Kier alpha value is 0.473. The molecule has 80 valence electrons. The largest absolute Gasteiger partial charge is 1.00 e. The quantitative estimate of drug-likeness (QED) is 0.673. The van der Waals surface area contributed by atoms with E-state index >= 15 is 0 Å². The second-order valence-corrected chi connectivity index (χ2v) is 21.9. The van der Waals surface area contributed by atoms with Gasteiger partial charge in [-0.3, -0.25) is 0 Å². The molecule has 0 saturated carbocycles. The van der Waals surface area contributed by atoms with Crippen LogP contribution < -0.4 is 0 Å². The summed E-state index contributed by atoms with van der Waals surface area (Å²) in [5.41, 5.74) is 0. The molecule has 2 rings (SSSR count). The molecule has 0 spiro atoms. The van der Waals surface area contributed by atoms with Gasteiger partial charge in [0, 0.05) is 0 Å². The molecule has 0 unspecified atom stereocenters. The molecule has 0 nitrogen and oxygen atoms in total. The minimum atomic E-state index is -1.81. The molecular weight excluding hydrogens is 323 g/mol. The van der Waals surface area contributed by atoms with E-state index in [1.54, 1.807) is 3.88 Å². The maximum absolute atomic E-state index is 2.53. The van der Waals surface area contributed by atoms with E-state index in [9.17, 15) is 0 Å². The summed E-state index contributed by atoms with van der Waals surface area (Å²) < 4.78 is 5.38. The van der Waals surface area contributed by atoms with Crippen molar-refractivity contribution in [3.8, 4) is 0 Å². The van der Waals surface area contributed by atoms with Gasteiger partial charge in [0.1, 0.15) is 0 Å². The zero-order chi connectivity index (χ0) is 10.9. The molecule has 0 aliphatic heterocycles. The topological polar surface area (TPSA) is 0 Å². The summed E-state index contributed by atoms with van der Waals surface area (Å²) in [6, 6.07) is 0. The van der Waals surface area contributed by atoms with E-state index in [0.717, 1.165) is 0 Å². The van der Waals surface area contributed by atoms with E-state index in [2.05, 4.69) is 45.2 Å². The predicted molar refractivity (Wildman–Crippen MR) is 68.2 cm³/mol. The summed E-state index contributed by atoms with van der Waals surface area (Å²) in [7, 11) is 0. The molecule has 0 heterocycles. The first-order chi connectivity index (χ1) is 7.07. The molecule has 2 heteroatoms. The van der Waals surface area contributed by atoms with Crippen molar-refractivity contribution in [2.45, 2.75) is 27.7 Å². The van der Waals surface area contributed by atoms with Crippen LogP contribution in [0.4, 0.5) is 0 Å². The van der Waals surface area contributed by atoms with Crippen LogP contribution in [0.15, 0.2) is 41.7 Å². The van der Waals surface area contributed by atoms with Gasteiger partial charge in [-0.15, -0.1) is 0 Å². The minimum absolute atomic E-state index is 0. The first-order valence-corrected chi connectivity index (χ1v) is 17.2. The monoisotopic (exact) mass is 344 g/mol. The van der Waals surface area contributed by atoms with Gasteiger partial charge in [-0.2, -0.15) is 0 Å². The van der Waals surface area contributed by atoms with Crippen LogP contribution in [0.2, 0.25) is 14.8 Å². The Morgan fingerprint density at radius 1 is 1.20 bits per heavy atom. The normalized spacial score (nSPS) is 19.8. The summed E-state index contributed by atoms with van der Waals surface area (Å²) in [4.78, 5) is 7.60. The van der Waals surface area contributed by atoms with Gasteiger partial charge in [-0.05, 0) is 0 Å². The first-order valence-electron chi connectivity index (χ1n) is 5.60. The second-order valence-electron chi connectivity index (χ2n) is 5.20. The third kappa shape index (κ3) is 2.98. The summed E-state index contributed by atoms with van der Waals surface area (Å²) in [6.45, 7) is 0. The van der Waals surface area contributed by atoms with Crippen LogP contribution >= 0.6 is 0 Å². The van der Waals surface area contributed by atoms with Gasteiger partial charge in [0.15, 0.2) is 0 Å². The van der Waals surface area contributed by atoms with E-state index < -0.39 is 18.4 Å². The van der Waals surface area contributed by atoms with E-state index in [0.29, 0.717) is 0 Å². The Morgan fingerprint density at radius 3 is 2.60 bits per heavy atom. The first kappa shape index (κ1) is 11.9. The van der Waals surface area contributed by atoms with Gasteiger partial charge in [0.2, 0.25) is 0 Å². The molecule has 0 aromatic heterocycles. The third-order valence-corrected chi connectivity index (χ3v) is 12.2. The molecule has 0 atom stereocenters. The van der Waals surface area contributed by atoms with Crippen molar-refractivity contribution in [1.82, 2.24) is 0 Å². The molecular formula is C13H20SnTi. The van der Waals surface area contributed by atoms with Gasteiger partial charge in [0.25, 0.3) is 0 Å². The van der Waals surface area contributed by atoms with Crippen molar-refractivity contribution in [3.63, 3.8) is 0 Å². The molecule has 0 saturated heterocycles. The van der Waals surface area contributed by atoms with E-state index in [4.69, 9.17) is 0 Å². The zero-order valence-electron chi connectivity index (χ0n) is 11.8. The van der Waals surface area contributed by atoms with Crippen molar-refractivity contribution in [2.24, 2.45) is 0 Å². The van der Waals surface area contributed by atoms with Crippen LogP contribution in [0, 0.1) is 0 Å². The Balaban J connectivity index is 0.00000128. The molecule has 2 aliphatic rings. The van der Waals surface area contributed by atoms with Crippen LogP contribution in [0.3, 0.4) is 0 Å². The summed E-state index contributed by atoms with van der Waals surface area (Å²) in [6.07, 6.45) is 14.2. The predicted octanol–water partition coefficient (Wildman–Crippen LogP) is 4.23. The molecule has 0 aromatic carbocycles. The van der Waals surface area contributed by atoms with Gasteiger partial charge >= 0.3 is 107 Å². The van der Waals surface area contributed by atoms with Crippen LogP contribution in [-0.2, 0) is 19.2 Å². The Kier molecular flexibility index (Phi) is 3.80. The molecule has 0 amide bonds. The maximum Gasteiger partial charge on any atom is -1.00 e. The van der Waals surface area contributed by atoms with Crippen LogP contribution in [0.5, 0.6) is 0 Å².